The molecule has 0 radical (unpaired) electrons. The van der Waals surface area contributed by atoms with E-state index in [1.54, 1.807) is 0 Å². The van der Waals surface area contributed by atoms with E-state index in [-0.39, 0.29) is 23.1 Å². The number of fused-ring (bicyclic) bond motifs is 12. The Morgan fingerprint density at radius 2 is 0.616 bits per heavy atom. The molecule has 0 N–H and O–H groups in total. The van der Waals surface area contributed by atoms with E-state index < -0.39 is 23.7 Å². The van der Waals surface area contributed by atoms with E-state index in [0.29, 0.717) is 0 Å². The summed E-state index contributed by atoms with van der Waals surface area (Å²) >= 11 is 0. The van der Waals surface area contributed by atoms with Crippen LogP contribution >= 0.6 is 0 Å². The molecule has 0 saturated heterocycles. The highest BCUT2D eigenvalue weighted by Gasteiger charge is 2.42. The smallest absolute Gasteiger partial charge is 0.210 e. The van der Waals surface area contributed by atoms with Crippen molar-refractivity contribution in [2.45, 2.75) is 0 Å². The fourth-order valence-corrected chi connectivity index (χ4v) is 14.4. The van der Waals surface area contributed by atoms with Crippen LogP contribution in [0, 0.1) is 23.7 Å². The molecule has 0 fully saturated rings. The Morgan fingerprint density at radius 1 is 0.256 bits per heavy atom. The molecule has 6 aliphatic carbocycles. The molecule has 6 aliphatic rings. The minimum Gasteiger partial charge on any atom is -0.455 e. The van der Waals surface area contributed by atoms with E-state index in [1.165, 1.54) is 0 Å². The van der Waals surface area contributed by atoms with Gasteiger partial charge in [-0.3, -0.25) is 19.2 Å². The van der Waals surface area contributed by atoms with Gasteiger partial charge in [0, 0.05) is 32.7 Å². The van der Waals surface area contributed by atoms with E-state index >= 15 is 0 Å². The fourth-order valence-electron chi connectivity index (χ4n) is 14.4. The molecule has 4 atom stereocenters. The average molecular weight is 1110 g/mol. The normalized spacial score (nSPS) is 17.9. The maximum atomic E-state index is 13.2. The lowest BCUT2D eigenvalue weighted by atomic mass is 9.70. The minimum atomic E-state index is -0.575. The Balaban J connectivity index is 0.000000134. The highest BCUT2D eigenvalue weighted by atomic mass is 16.3. The van der Waals surface area contributed by atoms with Gasteiger partial charge in [0.25, 0.3) is 0 Å². The third-order valence-electron chi connectivity index (χ3n) is 18.3. The van der Waals surface area contributed by atoms with Gasteiger partial charge in [0.2, 0.25) is 23.1 Å². The third-order valence-corrected chi connectivity index (χ3v) is 18.3. The number of hydrogen-bond acceptors (Lipinski definition) is 6. The number of carbonyl (C=O) groups excluding carboxylic acids is 4. The summed E-state index contributed by atoms with van der Waals surface area (Å²) in [5, 5.41) is 13.2. The molecule has 4 bridgehead atoms. The Labute approximate surface area is 492 Å². The topological polar surface area (TPSA) is 94.6 Å². The lowest BCUT2D eigenvalue weighted by Crippen LogP contribution is -2.36. The van der Waals surface area contributed by atoms with Crippen LogP contribution in [0.2, 0.25) is 0 Å². The standard InChI is InChI=1S/2C40H24O3/c41-38-25-20-21-32(39(38)42)34(22-25)37-30-11-3-1-9-28(30)36(29-10-2-4-12-31(29)37)24-18-16-23(17-19-24)26-13-7-14-33-27-8-5-6-15-35(27)43-40(26)33;41-38-25-18-20-31(39(38)42)34(22-25)37-29-13-5-4-12-28(29)36(23-9-2-1-3-10-23)30-19-17-24(21-33(30)37)26-14-8-15-32-27-11-6-7-16-35(27)43-40(26)32/h1-22,25,32H;1-22,25,31H. The molecule has 404 valence electrons. The van der Waals surface area contributed by atoms with Crippen molar-refractivity contribution in [2.75, 3.05) is 0 Å². The number of allylic oxidation sites excluding steroid dienone is 8. The predicted octanol–water partition coefficient (Wildman–Crippen LogP) is 19.1. The van der Waals surface area contributed by atoms with Gasteiger partial charge < -0.3 is 8.83 Å². The lowest BCUT2D eigenvalue weighted by Gasteiger charge is -2.30. The van der Waals surface area contributed by atoms with Crippen LogP contribution in [-0.4, -0.2) is 23.1 Å². The summed E-state index contributed by atoms with van der Waals surface area (Å²) in [6.07, 6.45) is 11.6. The number of para-hydroxylation sites is 4. The Kier molecular flexibility index (Phi) is 11.1. The third kappa shape index (κ3) is 7.46. The predicted molar refractivity (Wildman–Crippen MR) is 347 cm³/mol. The van der Waals surface area contributed by atoms with Gasteiger partial charge in [0.15, 0.2) is 0 Å². The van der Waals surface area contributed by atoms with Crippen molar-refractivity contribution >= 4 is 121 Å². The van der Waals surface area contributed by atoms with Gasteiger partial charge in [0.1, 0.15) is 22.3 Å². The average Bonchev–Trinajstić information content (AvgIpc) is 1.32. The number of Topliss-reactive ketones (excluding diaryl/α,β-unsaturated/α-hetero) is 4. The number of ketones is 4. The lowest BCUT2D eigenvalue weighted by molar-refractivity contribution is -0.139. The van der Waals surface area contributed by atoms with Crippen LogP contribution in [0.4, 0.5) is 0 Å². The Hall–Kier alpha value is -11.1. The number of hydrogen-bond donors (Lipinski definition) is 0. The van der Waals surface area contributed by atoms with E-state index in [1.807, 2.05) is 91.1 Å². The van der Waals surface area contributed by atoms with E-state index in [2.05, 4.69) is 176 Å². The molecule has 12 aromatic carbocycles. The van der Waals surface area contributed by atoms with Crippen molar-refractivity contribution in [2.24, 2.45) is 23.7 Å². The molecule has 4 unspecified atom stereocenters. The maximum Gasteiger partial charge on any atom is 0.210 e. The van der Waals surface area contributed by atoms with Crippen molar-refractivity contribution in [3.8, 4) is 44.5 Å². The van der Waals surface area contributed by atoms with Gasteiger partial charge in [0.05, 0.1) is 23.7 Å². The Bertz CT molecular complexity index is 5390. The van der Waals surface area contributed by atoms with Crippen LogP contribution in [-0.2, 0) is 19.2 Å². The van der Waals surface area contributed by atoms with Crippen LogP contribution in [0.25, 0.3) is 143 Å². The van der Waals surface area contributed by atoms with Crippen LogP contribution in [0.1, 0.15) is 11.1 Å². The molecule has 2 aromatic heterocycles. The summed E-state index contributed by atoms with van der Waals surface area (Å²) in [6.45, 7) is 0. The van der Waals surface area contributed by atoms with Gasteiger partial charge in [-0.1, -0.05) is 249 Å². The second kappa shape index (κ2) is 19.2. The zero-order chi connectivity index (χ0) is 57.3. The molecular weight excluding hydrogens is 1060 g/mol. The summed E-state index contributed by atoms with van der Waals surface area (Å²) in [7, 11) is 0. The molecule has 86 heavy (non-hydrogen) atoms. The fraction of sp³-hybridized carbons (Fsp3) is 0.0500. The van der Waals surface area contributed by atoms with Crippen LogP contribution < -0.4 is 0 Å². The minimum absolute atomic E-state index is 0.306. The van der Waals surface area contributed by atoms with Crippen LogP contribution in [0.5, 0.6) is 0 Å². The summed E-state index contributed by atoms with van der Waals surface area (Å²) in [5.74, 6) is -3.35. The number of furan rings is 2. The first-order valence-electron chi connectivity index (χ1n) is 29.2. The van der Waals surface area contributed by atoms with Gasteiger partial charge >= 0.3 is 0 Å². The van der Waals surface area contributed by atoms with Crippen LogP contribution in [0.3, 0.4) is 0 Å². The monoisotopic (exact) mass is 1100 g/mol. The van der Waals surface area contributed by atoms with Crippen molar-refractivity contribution < 1.29 is 28.0 Å². The van der Waals surface area contributed by atoms with Gasteiger partial charge in [-0.15, -0.1) is 0 Å². The summed E-state index contributed by atoms with van der Waals surface area (Å²) < 4.78 is 12.7. The van der Waals surface area contributed by atoms with Crippen molar-refractivity contribution in [3.63, 3.8) is 0 Å². The number of benzene rings is 12. The molecule has 6 nitrogen and oxygen atoms in total. The quantitative estimate of drug-likeness (QED) is 0.0935. The summed E-state index contributed by atoms with van der Waals surface area (Å²) in [4.78, 5) is 51.4. The van der Waals surface area contributed by atoms with Crippen LogP contribution in [0.15, 0.2) is 276 Å². The molecule has 0 spiro atoms. The summed E-state index contributed by atoms with van der Waals surface area (Å²) in [5.41, 5.74) is 16.2. The second-order valence-electron chi connectivity index (χ2n) is 22.9. The first-order chi connectivity index (χ1) is 42.3. The molecule has 0 saturated carbocycles. The van der Waals surface area contributed by atoms with Gasteiger partial charge in [-0.2, -0.15) is 0 Å². The maximum absolute atomic E-state index is 13.2. The van der Waals surface area contributed by atoms with Gasteiger partial charge in [-0.25, -0.2) is 0 Å². The first kappa shape index (κ1) is 49.5. The largest absolute Gasteiger partial charge is 0.455 e. The zero-order valence-corrected chi connectivity index (χ0v) is 46.2. The van der Waals surface area contributed by atoms with E-state index in [4.69, 9.17) is 8.83 Å². The van der Waals surface area contributed by atoms with E-state index in [0.717, 1.165) is 154 Å². The number of carbonyl (C=O) groups is 4. The second-order valence-corrected chi connectivity index (χ2v) is 22.9. The number of rotatable bonds is 6. The zero-order valence-electron chi connectivity index (χ0n) is 46.2. The van der Waals surface area contributed by atoms with Crippen molar-refractivity contribution in [1.82, 2.24) is 0 Å². The molecule has 14 aromatic rings. The van der Waals surface area contributed by atoms with E-state index in [9.17, 15) is 19.2 Å². The molecular formula is C80H48O6. The van der Waals surface area contributed by atoms with Crippen molar-refractivity contribution in [3.05, 3.63) is 278 Å². The highest BCUT2D eigenvalue weighted by molar-refractivity contribution is 6.45. The van der Waals surface area contributed by atoms with Crippen molar-refractivity contribution in [1.29, 1.82) is 0 Å². The highest BCUT2D eigenvalue weighted by Crippen LogP contribution is 2.50. The Morgan fingerprint density at radius 3 is 1.09 bits per heavy atom. The summed E-state index contributed by atoms with van der Waals surface area (Å²) in [6, 6.07) is 80.0. The first-order valence-corrected chi connectivity index (χ1v) is 29.2. The molecule has 2 heterocycles. The molecule has 0 amide bonds. The SMILES string of the molecule is O=C1C(=O)C2C=CC1C=C2c1c2ccccc2c(-c2ccc(-c3cccc4c3oc3ccccc34)cc2)c2ccccc12.O=C1C(=O)C2C=CC1C=C2c1c2ccccc2c(-c2ccccc2)c2ccc(-c3cccc4c3oc3ccccc34)cc12. The molecule has 6 heteroatoms. The van der Waals surface area contributed by atoms with Gasteiger partial charge in [-0.05, 0) is 117 Å². The molecule has 0 aliphatic heterocycles. The molecule has 20 rings (SSSR count).